The maximum absolute atomic E-state index is 4.93. The predicted octanol–water partition coefficient (Wildman–Crippen LogP) is 8.55. The zero-order chi connectivity index (χ0) is 21.5. The van der Waals surface area contributed by atoms with Crippen LogP contribution in [0.3, 0.4) is 0 Å². The molecule has 0 fully saturated rings. The van der Waals surface area contributed by atoms with Gasteiger partial charge in [0.2, 0.25) is 0 Å². The summed E-state index contributed by atoms with van der Waals surface area (Å²) < 4.78 is 0. The van der Waals surface area contributed by atoms with Crippen LogP contribution in [0.1, 0.15) is 89.5 Å². The zero-order valence-electron chi connectivity index (χ0n) is 19.5. The van der Waals surface area contributed by atoms with Gasteiger partial charge in [0.1, 0.15) is 5.82 Å². The highest BCUT2D eigenvalue weighted by Gasteiger charge is 2.36. The number of aromatic nitrogens is 1. The summed E-state index contributed by atoms with van der Waals surface area (Å²) in [5, 5.41) is 2.22. The van der Waals surface area contributed by atoms with Crippen molar-refractivity contribution in [1.82, 2.24) is 4.98 Å². The first kappa shape index (κ1) is 22.8. The third-order valence-corrected chi connectivity index (χ3v) is 6.92. The summed E-state index contributed by atoms with van der Waals surface area (Å²) in [6.07, 6.45) is 11.4. The van der Waals surface area contributed by atoms with Gasteiger partial charge in [-0.1, -0.05) is 65.5 Å². The van der Waals surface area contributed by atoms with Gasteiger partial charge in [-0.25, -0.2) is 4.98 Å². The van der Waals surface area contributed by atoms with Crippen LogP contribution in [0.15, 0.2) is 52.6 Å². The Morgan fingerprint density at radius 2 is 1.63 bits per heavy atom. The Morgan fingerprint density at radius 1 is 0.900 bits per heavy atom. The van der Waals surface area contributed by atoms with Crippen LogP contribution in [0.2, 0.25) is 0 Å². The average Bonchev–Trinajstić information content (AvgIpc) is 3.27. The van der Waals surface area contributed by atoms with E-state index >= 15 is 0 Å². The normalized spacial score (nSPS) is 17.2. The number of pyridine rings is 1. The molecule has 1 unspecified atom stereocenters. The SMILES string of the molecule is CCCC1=C(CCC)C(CCC)N(c2ncccc2C)C(c2cccs2)=C1CCC. The summed E-state index contributed by atoms with van der Waals surface area (Å²) in [5.74, 6) is 1.14. The molecule has 0 bridgehead atoms. The van der Waals surface area contributed by atoms with Crippen molar-refractivity contribution in [3.8, 4) is 0 Å². The second kappa shape index (κ2) is 10.9. The zero-order valence-corrected chi connectivity index (χ0v) is 20.3. The Kier molecular flexibility index (Phi) is 8.32. The molecule has 3 heteroatoms. The number of aryl methyl sites for hydroxylation is 1. The summed E-state index contributed by atoms with van der Waals surface area (Å²) in [6.45, 7) is 11.5. The lowest BCUT2D eigenvalue weighted by Gasteiger charge is -2.43. The van der Waals surface area contributed by atoms with E-state index in [4.69, 9.17) is 4.98 Å². The van der Waals surface area contributed by atoms with E-state index in [2.05, 4.69) is 69.2 Å². The molecule has 3 heterocycles. The molecule has 162 valence electrons. The van der Waals surface area contributed by atoms with Crippen molar-refractivity contribution in [1.29, 1.82) is 0 Å². The summed E-state index contributed by atoms with van der Waals surface area (Å²) in [6, 6.07) is 9.17. The maximum Gasteiger partial charge on any atom is 0.136 e. The van der Waals surface area contributed by atoms with Crippen LogP contribution in [-0.4, -0.2) is 11.0 Å². The summed E-state index contributed by atoms with van der Waals surface area (Å²) in [7, 11) is 0. The van der Waals surface area contributed by atoms with E-state index in [1.165, 1.54) is 61.1 Å². The van der Waals surface area contributed by atoms with Gasteiger partial charge in [0.15, 0.2) is 0 Å². The molecule has 2 aromatic rings. The fourth-order valence-corrected chi connectivity index (χ4v) is 5.70. The molecule has 0 aromatic carbocycles. The van der Waals surface area contributed by atoms with Crippen LogP contribution >= 0.6 is 11.3 Å². The number of allylic oxidation sites excluding steroid dienone is 2. The average molecular weight is 423 g/mol. The van der Waals surface area contributed by atoms with Gasteiger partial charge >= 0.3 is 0 Å². The molecular weight excluding hydrogens is 384 g/mol. The predicted molar refractivity (Wildman–Crippen MR) is 133 cm³/mol. The van der Waals surface area contributed by atoms with E-state index in [0.29, 0.717) is 6.04 Å². The first-order valence-electron chi connectivity index (χ1n) is 11.9. The molecule has 0 saturated heterocycles. The van der Waals surface area contributed by atoms with Crippen LogP contribution in [-0.2, 0) is 0 Å². The van der Waals surface area contributed by atoms with Crippen molar-refractivity contribution < 1.29 is 0 Å². The van der Waals surface area contributed by atoms with Gasteiger partial charge in [-0.15, -0.1) is 11.3 Å². The van der Waals surface area contributed by atoms with Gasteiger partial charge < -0.3 is 4.90 Å². The molecule has 2 aromatic heterocycles. The van der Waals surface area contributed by atoms with E-state index < -0.39 is 0 Å². The van der Waals surface area contributed by atoms with Gasteiger partial charge in [0, 0.05) is 6.20 Å². The van der Waals surface area contributed by atoms with Crippen molar-refractivity contribution in [3.05, 3.63) is 63.0 Å². The minimum absolute atomic E-state index is 0.405. The van der Waals surface area contributed by atoms with E-state index in [1.54, 1.807) is 16.7 Å². The summed E-state index contributed by atoms with van der Waals surface area (Å²) in [4.78, 5) is 8.94. The van der Waals surface area contributed by atoms with Crippen LogP contribution in [0.5, 0.6) is 0 Å². The summed E-state index contributed by atoms with van der Waals surface area (Å²) >= 11 is 1.87. The van der Waals surface area contributed by atoms with Crippen molar-refractivity contribution in [3.63, 3.8) is 0 Å². The molecule has 0 amide bonds. The topological polar surface area (TPSA) is 16.1 Å². The lowest BCUT2D eigenvalue weighted by atomic mass is 9.80. The molecular formula is C27H38N2S. The molecule has 30 heavy (non-hydrogen) atoms. The number of anilines is 1. The lowest BCUT2D eigenvalue weighted by Crippen LogP contribution is -2.40. The van der Waals surface area contributed by atoms with Gasteiger partial charge in [0.25, 0.3) is 0 Å². The lowest BCUT2D eigenvalue weighted by molar-refractivity contribution is 0.602. The highest BCUT2D eigenvalue weighted by Crippen LogP contribution is 2.46. The molecule has 1 aliphatic rings. The van der Waals surface area contributed by atoms with Crippen LogP contribution < -0.4 is 4.90 Å². The minimum Gasteiger partial charge on any atom is -0.317 e. The number of nitrogens with zero attached hydrogens (tertiary/aromatic N) is 2. The highest BCUT2D eigenvalue weighted by molar-refractivity contribution is 7.11. The van der Waals surface area contributed by atoms with Crippen LogP contribution in [0.4, 0.5) is 5.82 Å². The van der Waals surface area contributed by atoms with Crippen molar-refractivity contribution in [2.24, 2.45) is 0 Å². The van der Waals surface area contributed by atoms with Crippen LogP contribution in [0, 0.1) is 6.92 Å². The number of hydrogen-bond donors (Lipinski definition) is 0. The third kappa shape index (κ3) is 4.56. The molecule has 2 nitrogen and oxygen atoms in total. The smallest absolute Gasteiger partial charge is 0.136 e. The quantitative estimate of drug-likeness (QED) is 0.381. The minimum atomic E-state index is 0.405. The second-order valence-corrected chi connectivity index (χ2v) is 9.32. The third-order valence-electron chi connectivity index (χ3n) is 6.04. The second-order valence-electron chi connectivity index (χ2n) is 8.38. The monoisotopic (exact) mass is 422 g/mol. The van der Waals surface area contributed by atoms with E-state index in [1.807, 2.05) is 17.5 Å². The Labute approximate surface area is 187 Å². The van der Waals surface area contributed by atoms with E-state index in [9.17, 15) is 0 Å². The molecule has 0 saturated carbocycles. The summed E-state index contributed by atoms with van der Waals surface area (Å²) in [5.41, 5.74) is 7.60. The first-order chi connectivity index (χ1) is 14.7. The van der Waals surface area contributed by atoms with Gasteiger partial charge in [-0.05, 0) is 72.4 Å². The van der Waals surface area contributed by atoms with Crippen LogP contribution in [0.25, 0.3) is 5.70 Å². The molecule has 0 radical (unpaired) electrons. The van der Waals surface area contributed by atoms with Gasteiger partial charge in [-0.2, -0.15) is 0 Å². The first-order valence-corrected chi connectivity index (χ1v) is 12.8. The Bertz CT molecular complexity index is 876. The number of hydrogen-bond acceptors (Lipinski definition) is 3. The standard InChI is InChI=1S/C27H38N2S/c1-6-12-21-22(13-7-2)24(15-9-4)29(27-20(5)16-10-18-28-27)26(23(21)14-8-3)25-17-11-19-30-25/h10-11,16-19,24H,6-9,12-15H2,1-5H3. The fraction of sp³-hybridized carbons (Fsp3) is 0.519. The largest absolute Gasteiger partial charge is 0.317 e. The van der Waals surface area contributed by atoms with E-state index in [0.717, 1.165) is 12.2 Å². The fourth-order valence-electron chi connectivity index (χ4n) is 4.90. The molecule has 0 spiro atoms. The number of thiophene rings is 1. The molecule has 3 rings (SSSR count). The molecule has 0 N–H and O–H groups in total. The number of rotatable bonds is 10. The van der Waals surface area contributed by atoms with Crippen molar-refractivity contribution in [2.75, 3.05) is 4.90 Å². The Hall–Kier alpha value is -1.87. The molecule has 1 aliphatic heterocycles. The molecule has 1 atom stereocenters. The molecule has 0 aliphatic carbocycles. The van der Waals surface area contributed by atoms with Crippen molar-refractivity contribution >= 4 is 22.9 Å². The maximum atomic E-state index is 4.93. The Balaban J connectivity index is 2.35. The van der Waals surface area contributed by atoms with E-state index in [-0.39, 0.29) is 0 Å². The van der Waals surface area contributed by atoms with Crippen molar-refractivity contribution in [2.45, 2.75) is 92.0 Å². The Morgan fingerprint density at radius 3 is 2.23 bits per heavy atom. The van der Waals surface area contributed by atoms with Gasteiger partial charge in [-0.3, -0.25) is 0 Å². The highest BCUT2D eigenvalue weighted by atomic mass is 32.1. The van der Waals surface area contributed by atoms with Gasteiger partial charge in [0.05, 0.1) is 16.6 Å².